The van der Waals surface area contributed by atoms with E-state index in [1.165, 1.54) is 0 Å². The predicted molar refractivity (Wildman–Crippen MR) is 86.3 cm³/mol. The highest BCUT2D eigenvalue weighted by atomic mass is 16.5. The van der Waals surface area contributed by atoms with E-state index in [2.05, 4.69) is 6.07 Å². The number of nitrogens with zero attached hydrogens (tertiary/aromatic N) is 1. The van der Waals surface area contributed by atoms with Gasteiger partial charge in [0.2, 0.25) is 0 Å². The molecular weight excluding hydrogens is 294 g/mol. The summed E-state index contributed by atoms with van der Waals surface area (Å²) in [5, 5.41) is 8.93. The van der Waals surface area contributed by atoms with Crippen molar-refractivity contribution in [3.8, 4) is 29.1 Å². The van der Waals surface area contributed by atoms with E-state index < -0.39 is 0 Å². The highest BCUT2D eigenvalue weighted by Gasteiger charge is 2.06. The van der Waals surface area contributed by atoms with Crippen LogP contribution < -0.4 is 18.9 Å². The molecule has 0 aliphatic heterocycles. The van der Waals surface area contributed by atoms with E-state index in [0.717, 1.165) is 11.5 Å². The molecule has 0 aliphatic carbocycles. The molecule has 0 amide bonds. The Hall–Kier alpha value is -2.87. The van der Waals surface area contributed by atoms with Crippen LogP contribution in [0.4, 0.5) is 0 Å². The molecule has 120 valence electrons. The van der Waals surface area contributed by atoms with Gasteiger partial charge in [-0.25, -0.2) is 0 Å². The van der Waals surface area contributed by atoms with Gasteiger partial charge in [0.05, 0.1) is 25.3 Å². The van der Waals surface area contributed by atoms with Crippen LogP contribution in [0, 0.1) is 11.3 Å². The van der Waals surface area contributed by atoms with Gasteiger partial charge in [-0.3, -0.25) is 0 Å². The molecule has 0 radical (unpaired) electrons. The minimum Gasteiger partial charge on any atom is -0.497 e. The highest BCUT2D eigenvalue weighted by Crippen LogP contribution is 2.28. The SMILES string of the molecule is CCOc1cc(C#N)ccc1OCCOc1cccc(OC)c1. The molecular formula is C18H19NO4. The monoisotopic (exact) mass is 313 g/mol. The van der Waals surface area contributed by atoms with E-state index in [0.29, 0.717) is 36.9 Å². The maximum Gasteiger partial charge on any atom is 0.162 e. The van der Waals surface area contributed by atoms with Crippen LogP contribution >= 0.6 is 0 Å². The lowest BCUT2D eigenvalue weighted by Gasteiger charge is -2.13. The summed E-state index contributed by atoms with van der Waals surface area (Å²) in [5.74, 6) is 2.62. The first-order valence-electron chi connectivity index (χ1n) is 7.33. The summed E-state index contributed by atoms with van der Waals surface area (Å²) >= 11 is 0. The Kier molecular flexibility index (Phi) is 6.13. The summed E-state index contributed by atoms with van der Waals surface area (Å²) in [7, 11) is 1.61. The Bertz CT molecular complexity index is 679. The molecule has 0 N–H and O–H groups in total. The Morgan fingerprint density at radius 1 is 0.913 bits per heavy atom. The van der Waals surface area contributed by atoms with E-state index in [4.69, 9.17) is 24.2 Å². The molecule has 0 atom stereocenters. The van der Waals surface area contributed by atoms with E-state index in [1.54, 1.807) is 25.3 Å². The molecule has 2 aromatic carbocycles. The molecule has 23 heavy (non-hydrogen) atoms. The van der Waals surface area contributed by atoms with Crippen molar-refractivity contribution >= 4 is 0 Å². The summed E-state index contributed by atoms with van der Waals surface area (Å²) in [6.07, 6.45) is 0. The van der Waals surface area contributed by atoms with Gasteiger partial charge in [-0.2, -0.15) is 5.26 Å². The van der Waals surface area contributed by atoms with Gasteiger partial charge in [0.15, 0.2) is 11.5 Å². The zero-order valence-corrected chi connectivity index (χ0v) is 13.2. The van der Waals surface area contributed by atoms with E-state index in [-0.39, 0.29) is 0 Å². The third kappa shape index (κ3) is 4.82. The van der Waals surface area contributed by atoms with Crippen LogP contribution in [0.1, 0.15) is 12.5 Å². The first-order chi connectivity index (χ1) is 11.3. The third-order valence-corrected chi connectivity index (χ3v) is 3.02. The number of benzene rings is 2. The minimum atomic E-state index is 0.364. The summed E-state index contributed by atoms with van der Waals surface area (Å²) in [5.41, 5.74) is 0.536. The fourth-order valence-corrected chi connectivity index (χ4v) is 1.97. The molecule has 0 fully saturated rings. The second kappa shape index (κ2) is 8.54. The Labute approximate surface area is 136 Å². The van der Waals surface area contributed by atoms with Crippen LogP contribution in [0.3, 0.4) is 0 Å². The maximum atomic E-state index is 8.93. The van der Waals surface area contributed by atoms with Crippen molar-refractivity contribution in [1.82, 2.24) is 0 Å². The van der Waals surface area contributed by atoms with Gasteiger partial charge in [-0.05, 0) is 31.2 Å². The van der Waals surface area contributed by atoms with Gasteiger partial charge in [-0.1, -0.05) is 6.07 Å². The number of ether oxygens (including phenoxy) is 4. The van der Waals surface area contributed by atoms with Crippen LogP contribution in [0.15, 0.2) is 42.5 Å². The molecule has 5 heteroatoms. The van der Waals surface area contributed by atoms with Crippen LogP contribution in [0.25, 0.3) is 0 Å². The summed E-state index contributed by atoms with van der Waals surface area (Å²) in [6, 6.07) is 14.6. The van der Waals surface area contributed by atoms with Crippen molar-refractivity contribution in [2.24, 2.45) is 0 Å². The second-order valence-corrected chi connectivity index (χ2v) is 4.58. The second-order valence-electron chi connectivity index (χ2n) is 4.58. The van der Waals surface area contributed by atoms with Gasteiger partial charge < -0.3 is 18.9 Å². The van der Waals surface area contributed by atoms with Crippen molar-refractivity contribution in [3.63, 3.8) is 0 Å². The highest BCUT2D eigenvalue weighted by molar-refractivity contribution is 5.46. The lowest BCUT2D eigenvalue weighted by Crippen LogP contribution is -2.10. The third-order valence-electron chi connectivity index (χ3n) is 3.02. The van der Waals surface area contributed by atoms with Gasteiger partial charge in [0.1, 0.15) is 24.7 Å². The van der Waals surface area contributed by atoms with Crippen LogP contribution in [0.5, 0.6) is 23.0 Å². The lowest BCUT2D eigenvalue weighted by molar-refractivity contribution is 0.208. The van der Waals surface area contributed by atoms with E-state index in [1.807, 2.05) is 31.2 Å². The normalized spacial score (nSPS) is 9.78. The lowest BCUT2D eigenvalue weighted by atomic mass is 10.2. The molecule has 2 aromatic rings. The first-order valence-corrected chi connectivity index (χ1v) is 7.33. The zero-order valence-electron chi connectivity index (χ0n) is 13.2. The summed E-state index contributed by atoms with van der Waals surface area (Å²) in [4.78, 5) is 0. The molecule has 2 rings (SSSR count). The number of nitriles is 1. The number of hydrogen-bond acceptors (Lipinski definition) is 5. The molecule has 5 nitrogen and oxygen atoms in total. The van der Waals surface area contributed by atoms with Gasteiger partial charge in [0.25, 0.3) is 0 Å². The van der Waals surface area contributed by atoms with E-state index >= 15 is 0 Å². The quantitative estimate of drug-likeness (QED) is 0.699. The van der Waals surface area contributed by atoms with Crippen molar-refractivity contribution in [2.45, 2.75) is 6.92 Å². The molecule has 0 spiro atoms. The Balaban J connectivity index is 1.89. The standard InChI is InChI=1S/C18H19NO4/c1-3-21-18-11-14(13-19)7-8-17(18)23-10-9-22-16-6-4-5-15(12-16)20-2/h4-8,11-12H,3,9-10H2,1-2H3. The summed E-state index contributed by atoms with van der Waals surface area (Å²) in [6.45, 7) is 3.14. The first kappa shape index (κ1) is 16.5. The fourth-order valence-electron chi connectivity index (χ4n) is 1.97. The molecule has 0 heterocycles. The largest absolute Gasteiger partial charge is 0.497 e. The van der Waals surface area contributed by atoms with Crippen molar-refractivity contribution in [3.05, 3.63) is 48.0 Å². The van der Waals surface area contributed by atoms with Crippen molar-refractivity contribution < 1.29 is 18.9 Å². The topological polar surface area (TPSA) is 60.7 Å². The number of rotatable bonds is 8. The molecule has 0 saturated heterocycles. The van der Waals surface area contributed by atoms with Crippen molar-refractivity contribution in [1.29, 1.82) is 5.26 Å². The average Bonchev–Trinajstić information content (AvgIpc) is 2.60. The van der Waals surface area contributed by atoms with E-state index in [9.17, 15) is 0 Å². The number of hydrogen-bond donors (Lipinski definition) is 0. The molecule has 0 bridgehead atoms. The maximum absolute atomic E-state index is 8.93. The molecule has 0 aliphatic rings. The summed E-state index contributed by atoms with van der Waals surface area (Å²) < 4.78 is 21.9. The van der Waals surface area contributed by atoms with Crippen LogP contribution in [-0.2, 0) is 0 Å². The molecule has 0 saturated carbocycles. The average molecular weight is 313 g/mol. The fraction of sp³-hybridized carbons (Fsp3) is 0.278. The van der Waals surface area contributed by atoms with Gasteiger partial charge >= 0.3 is 0 Å². The van der Waals surface area contributed by atoms with Crippen molar-refractivity contribution in [2.75, 3.05) is 26.9 Å². The Morgan fingerprint density at radius 2 is 1.70 bits per heavy atom. The zero-order chi connectivity index (χ0) is 16.5. The van der Waals surface area contributed by atoms with Crippen LogP contribution in [0.2, 0.25) is 0 Å². The van der Waals surface area contributed by atoms with Gasteiger partial charge in [-0.15, -0.1) is 0 Å². The molecule has 0 aromatic heterocycles. The minimum absolute atomic E-state index is 0.364. The van der Waals surface area contributed by atoms with Gasteiger partial charge in [0, 0.05) is 12.1 Å². The predicted octanol–water partition coefficient (Wildman–Crippen LogP) is 3.42. The smallest absolute Gasteiger partial charge is 0.162 e. The molecule has 0 unspecified atom stereocenters. The van der Waals surface area contributed by atoms with Crippen LogP contribution in [-0.4, -0.2) is 26.9 Å². The number of methoxy groups -OCH3 is 1. The Morgan fingerprint density at radius 3 is 2.43 bits per heavy atom.